The molecule has 2 rings (SSSR count). The van der Waals surface area contributed by atoms with Crippen LogP contribution in [0.5, 0.6) is 0 Å². The molecule has 1 saturated heterocycles. The molecule has 0 aliphatic carbocycles. The number of rotatable bonds is 6. The molecule has 2 amide bonds. The molecular formula is C14H22ClN3O2S. The highest BCUT2D eigenvalue weighted by Gasteiger charge is 2.25. The third-order valence-electron chi connectivity index (χ3n) is 3.50. The van der Waals surface area contributed by atoms with Crippen molar-refractivity contribution in [2.24, 2.45) is 5.92 Å². The molecule has 2 N–H and O–H groups in total. The first-order chi connectivity index (χ1) is 9.70. The number of hydrogen-bond acceptors (Lipinski definition) is 4. The van der Waals surface area contributed by atoms with Crippen molar-refractivity contribution in [2.45, 2.75) is 12.8 Å². The van der Waals surface area contributed by atoms with E-state index in [1.54, 1.807) is 6.07 Å². The molecule has 1 unspecified atom stereocenters. The van der Waals surface area contributed by atoms with Crippen molar-refractivity contribution in [1.82, 2.24) is 15.5 Å². The number of nitrogens with zero attached hydrogens (tertiary/aromatic N) is 1. The maximum Gasteiger partial charge on any atom is 0.261 e. The summed E-state index contributed by atoms with van der Waals surface area (Å²) >= 11 is 1.41. The molecule has 0 radical (unpaired) electrons. The number of hydrogen-bond donors (Lipinski definition) is 2. The third kappa shape index (κ3) is 5.30. The molecule has 118 valence electrons. The first kappa shape index (κ1) is 17.9. The Morgan fingerprint density at radius 2 is 2.29 bits per heavy atom. The van der Waals surface area contributed by atoms with Gasteiger partial charge in [-0.25, -0.2) is 0 Å². The van der Waals surface area contributed by atoms with E-state index in [1.165, 1.54) is 11.3 Å². The van der Waals surface area contributed by atoms with E-state index in [4.69, 9.17) is 0 Å². The number of nitrogens with one attached hydrogen (secondary N) is 2. The Labute approximate surface area is 135 Å². The van der Waals surface area contributed by atoms with E-state index in [0.717, 1.165) is 26.1 Å². The van der Waals surface area contributed by atoms with Crippen LogP contribution >= 0.6 is 23.7 Å². The van der Waals surface area contributed by atoms with Crippen molar-refractivity contribution in [3.8, 4) is 0 Å². The Balaban J connectivity index is 0.00000220. The van der Waals surface area contributed by atoms with Crippen molar-refractivity contribution >= 4 is 35.6 Å². The molecule has 0 aromatic carbocycles. The largest absolute Gasteiger partial charge is 0.351 e. The predicted octanol–water partition coefficient (Wildman–Crippen LogP) is 1.36. The molecule has 0 saturated carbocycles. The van der Waals surface area contributed by atoms with E-state index < -0.39 is 0 Å². The highest BCUT2D eigenvalue weighted by molar-refractivity contribution is 7.12. The first-order valence-corrected chi connectivity index (χ1v) is 7.82. The van der Waals surface area contributed by atoms with Gasteiger partial charge in [0, 0.05) is 26.1 Å². The minimum absolute atomic E-state index is 0. The van der Waals surface area contributed by atoms with Gasteiger partial charge < -0.3 is 15.5 Å². The Bertz CT molecular complexity index is 453. The van der Waals surface area contributed by atoms with Crippen molar-refractivity contribution in [3.63, 3.8) is 0 Å². The summed E-state index contributed by atoms with van der Waals surface area (Å²) in [4.78, 5) is 26.3. The lowest BCUT2D eigenvalue weighted by atomic mass is 10.1. The first-order valence-electron chi connectivity index (χ1n) is 6.94. The summed E-state index contributed by atoms with van der Waals surface area (Å²) in [7, 11) is 1.94. The minimum atomic E-state index is -0.0951. The van der Waals surface area contributed by atoms with Crippen LogP contribution in [-0.2, 0) is 4.79 Å². The highest BCUT2D eigenvalue weighted by Crippen LogP contribution is 2.16. The molecule has 1 aliphatic heterocycles. The van der Waals surface area contributed by atoms with Gasteiger partial charge in [0.25, 0.3) is 5.91 Å². The van der Waals surface area contributed by atoms with Gasteiger partial charge in [0.1, 0.15) is 0 Å². The van der Waals surface area contributed by atoms with E-state index in [0.29, 0.717) is 23.8 Å². The Morgan fingerprint density at radius 1 is 1.48 bits per heavy atom. The van der Waals surface area contributed by atoms with Crippen LogP contribution in [0.4, 0.5) is 0 Å². The number of carbonyl (C=O) groups is 2. The second-order valence-corrected chi connectivity index (χ2v) is 5.98. The van der Waals surface area contributed by atoms with Gasteiger partial charge in [0.2, 0.25) is 5.91 Å². The Hall–Kier alpha value is -1.11. The molecule has 0 bridgehead atoms. The molecule has 1 atom stereocenters. The van der Waals surface area contributed by atoms with Gasteiger partial charge >= 0.3 is 0 Å². The smallest absolute Gasteiger partial charge is 0.261 e. The molecule has 1 aromatic heterocycles. The van der Waals surface area contributed by atoms with Gasteiger partial charge in [0.05, 0.1) is 4.88 Å². The fourth-order valence-corrected chi connectivity index (χ4v) is 3.09. The van der Waals surface area contributed by atoms with Gasteiger partial charge in [0.15, 0.2) is 0 Å². The predicted molar refractivity (Wildman–Crippen MR) is 87.1 cm³/mol. The molecule has 7 heteroatoms. The van der Waals surface area contributed by atoms with Crippen LogP contribution in [0.1, 0.15) is 22.5 Å². The summed E-state index contributed by atoms with van der Waals surface area (Å²) < 4.78 is 0. The zero-order valence-corrected chi connectivity index (χ0v) is 13.8. The molecular weight excluding hydrogens is 310 g/mol. The van der Waals surface area contributed by atoms with Crippen molar-refractivity contribution in [1.29, 1.82) is 0 Å². The normalized spacial score (nSPS) is 17.4. The van der Waals surface area contributed by atoms with Crippen LogP contribution in [0.15, 0.2) is 17.5 Å². The zero-order valence-electron chi connectivity index (χ0n) is 12.1. The summed E-state index contributed by atoms with van der Waals surface area (Å²) in [5.74, 6) is 0.599. The molecule has 1 aromatic rings. The fraction of sp³-hybridized carbons (Fsp3) is 0.571. The molecule has 1 aliphatic rings. The number of halogens is 1. The van der Waals surface area contributed by atoms with E-state index in [9.17, 15) is 9.59 Å². The third-order valence-corrected chi connectivity index (χ3v) is 4.37. The molecule has 0 spiro atoms. The maximum atomic E-state index is 12.0. The highest BCUT2D eigenvalue weighted by atomic mass is 35.5. The van der Waals surface area contributed by atoms with Gasteiger partial charge in [-0.05, 0) is 37.4 Å². The summed E-state index contributed by atoms with van der Waals surface area (Å²) in [6.45, 7) is 3.03. The standard InChI is InChI=1S/C14H21N3O2S.ClH/c1-15-9-11-5-7-17(10-11)13(18)4-6-16-14(19)12-3-2-8-20-12;/h2-3,8,11,15H,4-7,9-10H2,1H3,(H,16,19);1H. The number of amides is 2. The van der Waals surface area contributed by atoms with E-state index >= 15 is 0 Å². The number of thiophene rings is 1. The lowest BCUT2D eigenvalue weighted by Gasteiger charge is -2.16. The molecule has 2 heterocycles. The van der Waals surface area contributed by atoms with Gasteiger partial charge in [-0.3, -0.25) is 9.59 Å². The van der Waals surface area contributed by atoms with Gasteiger partial charge in [-0.1, -0.05) is 6.07 Å². The average Bonchev–Trinajstić information content (AvgIpc) is 3.10. The lowest BCUT2D eigenvalue weighted by molar-refractivity contribution is -0.130. The van der Waals surface area contributed by atoms with Crippen molar-refractivity contribution in [2.75, 3.05) is 33.2 Å². The zero-order chi connectivity index (χ0) is 14.4. The van der Waals surface area contributed by atoms with Crippen LogP contribution < -0.4 is 10.6 Å². The van der Waals surface area contributed by atoms with E-state index in [1.807, 2.05) is 23.4 Å². The van der Waals surface area contributed by atoms with Crippen LogP contribution in [0.25, 0.3) is 0 Å². The van der Waals surface area contributed by atoms with Gasteiger partial charge in [-0.15, -0.1) is 23.7 Å². The van der Waals surface area contributed by atoms with Gasteiger partial charge in [-0.2, -0.15) is 0 Å². The second kappa shape index (κ2) is 9.02. The SMILES string of the molecule is CNCC1CCN(C(=O)CCNC(=O)c2cccs2)C1.Cl. The summed E-state index contributed by atoms with van der Waals surface area (Å²) in [6.07, 6.45) is 1.44. The number of carbonyl (C=O) groups excluding carboxylic acids is 2. The van der Waals surface area contributed by atoms with E-state index in [-0.39, 0.29) is 24.2 Å². The van der Waals surface area contributed by atoms with Crippen LogP contribution in [0.3, 0.4) is 0 Å². The molecule has 5 nitrogen and oxygen atoms in total. The minimum Gasteiger partial charge on any atom is -0.351 e. The quantitative estimate of drug-likeness (QED) is 0.827. The summed E-state index contributed by atoms with van der Waals surface area (Å²) in [5.41, 5.74) is 0. The monoisotopic (exact) mass is 331 g/mol. The molecule has 1 fully saturated rings. The lowest BCUT2D eigenvalue weighted by Crippen LogP contribution is -2.33. The van der Waals surface area contributed by atoms with Crippen LogP contribution in [-0.4, -0.2) is 49.9 Å². The van der Waals surface area contributed by atoms with Crippen LogP contribution in [0, 0.1) is 5.92 Å². The Kier molecular flexibility index (Phi) is 7.71. The summed E-state index contributed by atoms with van der Waals surface area (Å²) in [6, 6.07) is 3.63. The molecule has 21 heavy (non-hydrogen) atoms. The topological polar surface area (TPSA) is 61.4 Å². The van der Waals surface area contributed by atoms with E-state index in [2.05, 4.69) is 10.6 Å². The summed E-state index contributed by atoms with van der Waals surface area (Å²) in [5, 5.41) is 7.80. The maximum absolute atomic E-state index is 12.0. The van der Waals surface area contributed by atoms with Crippen molar-refractivity contribution < 1.29 is 9.59 Å². The average molecular weight is 332 g/mol. The van der Waals surface area contributed by atoms with Crippen molar-refractivity contribution in [3.05, 3.63) is 22.4 Å². The Morgan fingerprint density at radius 3 is 2.95 bits per heavy atom. The number of likely N-dealkylation sites (tertiary alicyclic amines) is 1. The fourth-order valence-electron chi connectivity index (χ4n) is 2.45. The second-order valence-electron chi connectivity index (χ2n) is 5.04. The van der Waals surface area contributed by atoms with Crippen LogP contribution in [0.2, 0.25) is 0 Å².